The van der Waals surface area contributed by atoms with Gasteiger partial charge in [0.05, 0.1) is 21.8 Å². The minimum atomic E-state index is -0.141. The molecule has 2 aromatic heterocycles. The summed E-state index contributed by atoms with van der Waals surface area (Å²) in [6.45, 7) is 0. The van der Waals surface area contributed by atoms with Crippen LogP contribution in [-0.4, -0.2) is 19.1 Å². The predicted molar refractivity (Wildman–Crippen MR) is 76.0 cm³/mol. The van der Waals surface area contributed by atoms with Crippen molar-refractivity contribution >= 4 is 34.5 Å². The summed E-state index contributed by atoms with van der Waals surface area (Å²) in [4.78, 5) is 4.36. The zero-order valence-electron chi connectivity index (χ0n) is 9.91. The number of halogens is 2. The van der Waals surface area contributed by atoms with Gasteiger partial charge in [0.1, 0.15) is 11.4 Å². The number of aromatic nitrogens is 1. The fraction of sp³-hybridized carbons (Fsp3) is 0.250. The van der Waals surface area contributed by atoms with Gasteiger partial charge in [-0.3, -0.25) is 4.98 Å². The number of hydrogen-bond donors (Lipinski definition) is 1. The van der Waals surface area contributed by atoms with E-state index in [1.54, 1.807) is 13.3 Å². The standard InChI is InChI=1S/C12H12Cl2N2OS/c1-15-10(7-6-9(13)18-12(7)14)11-8(17-2)4-3-5-16-11/h3-6,10,15H,1-2H3. The van der Waals surface area contributed by atoms with Gasteiger partial charge in [0.2, 0.25) is 0 Å². The molecule has 0 fully saturated rings. The average molecular weight is 303 g/mol. The van der Waals surface area contributed by atoms with Crippen molar-refractivity contribution in [2.24, 2.45) is 0 Å². The van der Waals surface area contributed by atoms with E-state index in [2.05, 4.69) is 10.3 Å². The Hall–Kier alpha value is -0.810. The predicted octanol–water partition coefficient (Wildman–Crippen LogP) is 3.77. The number of rotatable bonds is 4. The highest BCUT2D eigenvalue weighted by Crippen LogP contribution is 2.38. The molecule has 0 aromatic carbocycles. The van der Waals surface area contributed by atoms with E-state index in [1.165, 1.54) is 11.3 Å². The number of pyridine rings is 1. The first-order valence-corrected chi connectivity index (χ1v) is 6.85. The molecular formula is C12H12Cl2N2OS. The fourth-order valence-electron chi connectivity index (χ4n) is 1.78. The van der Waals surface area contributed by atoms with Crippen molar-refractivity contribution in [3.63, 3.8) is 0 Å². The molecule has 0 radical (unpaired) electrons. The summed E-state index contributed by atoms with van der Waals surface area (Å²) >= 11 is 13.5. The molecule has 2 rings (SSSR count). The SMILES string of the molecule is CNC(c1cc(Cl)sc1Cl)c1ncccc1OC. The Morgan fingerprint density at radius 2 is 2.22 bits per heavy atom. The molecule has 18 heavy (non-hydrogen) atoms. The lowest BCUT2D eigenvalue weighted by Crippen LogP contribution is -2.19. The molecule has 0 spiro atoms. The molecule has 1 N–H and O–H groups in total. The van der Waals surface area contributed by atoms with Gasteiger partial charge in [-0.15, -0.1) is 11.3 Å². The van der Waals surface area contributed by atoms with Crippen LogP contribution in [0.3, 0.4) is 0 Å². The maximum atomic E-state index is 6.19. The van der Waals surface area contributed by atoms with Crippen LogP contribution in [0.25, 0.3) is 0 Å². The van der Waals surface area contributed by atoms with Gasteiger partial charge in [-0.05, 0) is 25.2 Å². The Morgan fingerprint density at radius 1 is 1.44 bits per heavy atom. The third-order valence-corrected chi connectivity index (χ3v) is 4.09. The number of methoxy groups -OCH3 is 1. The molecule has 0 saturated heterocycles. The normalized spacial score (nSPS) is 12.4. The molecule has 0 aliphatic carbocycles. The van der Waals surface area contributed by atoms with E-state index < -0.39 is 0 Å². The second kappa shape index (κ2) is 5.89. The van der Waals surface area contributed by atoms with Gasteiger partial charge in [-0.1, -0.05) is 23.2 Å². The van der Waals surface area contributed by atoms with Gasteiger partial charge in [0, 0.05) is 11.8 Å². The smallest absolute Gasteiger partial charge is 0.142 e. The average Bonchev–Trinajstić information content (AvgIpc) is 2.70. The maximum absolute atomic E-state index is 6.19. The molecule has 2 aromatic rings. The van der Waals surface area contributed by atoms with Crippen LogP contribution >= 0.6 is 34.5 Å². The molecule has 0 aliphatic rings. The summed E-state index contributed by atoms with van der Waals surface area (Å²) in [7, 11) is 3.47. The molecule has 1 unspecified atom stereocenters. The lowest BCUT2D eigenvalue weighted by atomic mass is 10.1. The second-order valence-electron chi connectivity index (χ2n) is 3.59. The molecule has 0 aliphatic heterocycles. The van der Waals surface area contributed by atoms with Gasteiger partial charge in [0.25, 0.3) is 0 Å². The Balaban J connectivity index is 2.48. The highest BCUT2D eigenvalue weighted by molar-refractivity contribution is 7.20. The van der Waals surface area contributed by atoms with Crippen LogP contribution in [0.5, 0.6) is 5.75 Å². The Bertz CT molecular complexity index is 545. The molecule has 0 bridgehead atoms. The van der Waals surface area contributed by atoms with Crippen molar-refractivity contribution in [1.29, 1.82) is 0 Å². The molecule has 0 saturated carbocycles. The van der Waals surface area contributed by atoms with Crippen molar-refractivity contribution in [1.82, 2.24) is 10.3 Å². The van der Waals surface area contributed by atoms with E-state index in [4.69, 9.17) is 27.9 Å². The zero-order chi connectivity index (χ0) is 13.1. The molecule has 2 heterocycles. The first kappa shape index (κ1) is 13.6. The summed E-state index contributed by atoms with van der Waals surface area (Å²) in [6, 6.07) is 5.41. The van der Waals surface area contributed by atoms with Gasteiger partial charge >= 0.3 is 0 Å². The van der Waals surface area contributed by atoms with E-state index in [0.29, 0.717) is 8.67 Å². The van der Waals surface area contributed by atoms with Crippen molar-refractivity contribution in [3.8, 4) is 5.75 Å². The van der Waals surface area contributed by atoms with Crippen LogP contribution in [0.4, 0.5) is 0 Å². The number of thiophene rings is 1. The third kappa shape index (κ3) is 2.62. The van der Waals surface area contributed by atoms with E-state index in [9.17, 15) is 0 Å². The second-order valence-corrected chi connectivity index (χ2v) is 5.88. The zero-order valence-corrected chi connectivity index (χ0v) is 12.2. The summed E-state index contributed by atoms with van der Waals surface area (Å²) in [5.41, 5.74) is 1.70. The van der Waals surface area contributed by atoms with Crippen molar-refractivity contribution in [2.75, 3.05) is 14.2 Å². The lowest BCUT2D eigenvalue weighted by molar-refractivity contribution is 0.401. The van der Waals surface area contributed by atoms with Crippen molar-refractivity contribution < 1.29 is 4.74 Å². The van der Waals surface area contributed by atoms with Crippen molar-refractivity contribution in [2.45, 2.75) is 6.04 Å². The van der Waals surface area contributed by atoms with E-state index in [0.717, 1.165) is 17.0 Å². The monoisotopic (exact) mass is 302 g/mol. The van der Waals surface area contributed by atoms with Gasteiger partial charge in [0.15, 0.2) is 0 Å². The summed E-state index contributed by atoms with van der Waals surface area (Å²) in [5, 5.41) is 3.18. The number of hydrogen-bond acceptors (Lipinski definition) is 4. The summed E-state index contributed by atoms with van der Waals surface area (Å²) in [5.74, 6) is 0.718. The Morgan fingerprint density at radius 3 is 2.78 bits per heavy atom. The highest BCUT2D eigenvalue weighted by Gasteiger charge is 2.22. The molecule has 1 atom stereocenters. The first-order valence-electron chi connectivity index (χ1n) is 5.28. The summed E-state index contributed by atoms with van der Waals surface area (Å²) < 4.78 is 6.64. The van der Waals surface area contributed by atoms with E-state index in [1.807, 2.05) is 25.2 Å². The number of ether oxygens (including phenoxy) is 1. The molecule has 0 amide bonds. The Kier molecular flexibility index (Phi) is 4.45. The number of nitrogens with zero attached hydrogens (tertiary/aromatic N) is 1. The maximum Gasteiger partial charge on any atom is 0.142 e. The highest BCUT2D eigenvalue weighted by atomic mass is 35.5. The molecular weight excluding hydrogens is 291 g/mol. The van der Waals surface area contributed by atoms with Crippen LogP contribution < -0.4 is 10.1 Å². The van der Waals surface area contributed by atoms with Crippen LogP contribution in [-0.2, 0) is 0 Å². The van der Waals surface area contributed by atoms with Crippen LogP contribution in [0.1, 0.15) is 17.3 Å². The quantitative estimate of drug-likeness (QED) is 0.933. The van der Waals surface area contributed by atoms with Gasteiger partial charge < -0.3 is 10.1 Å². The van der Waals surface area contributed by atoms with E-state index in [-0.39, 0.29) is 6.04 Å². The largest absolute Gasteiger partial charge is 0.495 e. The lowest BCUT2D eigenvalue weighted by Gasteiger charge is -2.17. The van der Waals surface area contributed by atoms with Crippen LogP contribution in [0, 0.1) is 0 Å². The fourth-order valence-corrected chi connectivity index (χ4v) is 3.31. The topological polar surface area (TPSA) is 34.2 Å². The van der Waals surface area contributed by atoms with E-state index >= 15 is 0 Å². The molecule has 96 valence electrons. The molecule has 3 nitrogen and oxygen atoms in total. The number of nitrogens with one attached hydrogen (secondary N) is 1. The van der Waals surface area contributed by atoms with Gasteiger partial charge in [-0.2, -0.15) is 0 Å². The minimum absolute atomic E-state index is 0.141. The van der Waals surface area contributed by atoms with Crippen LogP contribution in [0.2, 0.25) is 8.67 Å². The molecule has 6 heteroatoms. The van der Waals surface area contributed by atoms with Crippen molar-refractivity contribution in [3.05, 3.63) is 44.3 Å². The minimum Gasteiger partial charge on any atom is -0.495 e. The van der Waals surface area contributed by atoms with Gasteiger partial charge in [-0.25, -0.2) is 0 Å². The van der Waals surface area contributed by atoms with Crippen LogP contribution in [0.15, 0.2) is 24.4 Å². The Labute approximate surface area is 120 Å². The first-order chi connectivity index (χ1) is 8.67. The summed E-state index contributed by atoms with van der Waals surface area (Å²) in [6.07, 6.45) is 1.73. The third-order valence-electron chi connectivity index (χ3n) is 2.58.